The van der Waals surface area contributed by atoms with Crippen LogP contribution in [-0.4, -0.2) is 37.6 Å². The number of hydrogen-bond acceptors (Lipinski definition) is 5. The Kier molecular flexibility index (Phi) is 7.63. The average Bonchev–Trinajstić information content (AvgIpc) is 2.62. The Bertz CT molecular complexity index is 814. The predicted molar refractivity (Wildman–Crippen MR) is 106 cm³/mol. The van der Waals surface area contributed by atoms with Gasteiger partial charge in [0.15, 0.2) is 0 Å². The molecule has 138 valence electrons. The molecule has 0 spiro atoms. The van der Waals surface area contributed by atoms with Crippen molar-refractivity contribution in [2.75, 3.05) is 31.0 Å². The molecule has 0 radical (unpaired) electrons. The van der Waals surface area contributed by atoms with E-state index >= 15 is 0 Å². The van der Waals surface area contributed by atoms with E-state index in [0.717, 1.165) is 5.75 Å². The van der Waals surface area contributed by atoms with Crippen molar-refractivity contribution in [3.63, 3.8) is 0 Å². The lowest BCUT2D eigenvalue weighted by Gasteiger charge is -2.13. The molecule has 0 saturated heterocycles. The van der Waals surface area contributed by atoms with E-state index in [1.165, 1.54) is 25.3 Å². The summed E-state index contributed by atoms with van der Waals surface area (Å²) in [6, 6.07) is 9.34. The lowest BCUT2D eigenvalue weighted by molar-refractivity contribution is 0.0601. The van der Waals surface area contributed by atoms with Crippen molar-refractivity contribution in [3.8, 4) is 5.75 Å². The molecule has 1 N–H and O–H groups in total. The van der Waals surface area contributed by atoms with Crippen molar-refractivity contribution in [1.82, 2.24) is 0 Å². The van der Waals surface area contributed by atoms with Gasteiger partial charge < -0.3 is 14.8 Å². The van der Waals surface area contributed by atoms with Gasteiger partial charge in [0, 0.05) is 10.8 Å². The number of nitrogens with one attached hydrogen (secondary N) is 1. The van der Waals surface area contributed by atoms with Crippen LogP contribution in [-0.2, 0) is 4.74 Å². The molecule has 0 aliphatic heterocycles. The first-order valence-electron chi connectivity index (χ1n) is 7.56. The fraction of sp³-hybridized carbons (Fsp3) is 0.222. The Balaban J connectivity index is 2.26. The second kappa shape index (κ2) is 9.71. The van der Waals surface area contributed by atoms with Gasteiger partial charge in [-0.05, 0) is 42.7 Å². The summed E-state index contributed by atoms with van der Waals surface area (Å²) in [5.74, 6) is 0.286. The van der Waals surface area contributed by atoms with Gasteiger partial charge in [0.2, 0.25) is 0 Å². The molecule has 0 heterocycles. The Labute approximate surface area is 166 Å². The van der Waals surface area contributed by atoms with Crippen LogP contribution in [0.25, 0.3) is 0 Å². The molecule has 0 aliphatic carbocycles. The number of methoxy groups -OCH3 is 1. The van der Waals surface area contributed by atoms with Crippen LogP contribution >= 0.6 is 35.0 Å². The van der Waals surface area contributed by atoms with Gasteiger partial charge in [-0.3, -0.25) is 4.79 Å². The molecule has 2 aromatic carbocycles. The molecule has 0 aliphatic rings. The highest BCUT2D eigenvalue weighted by Crippen LogP contribution is 2.26. The van der Waals surface area contributed by atoms with E-state index in [-0.39, 0.29) is 16.1 Å². The monoisotopic (exact) mass is 413 g/mol. The van der Waals surface area contributed by atoms with Gasteiger partial charge in [-0.1, -0.05) is 23.2 Å². The number of benzene rings is 2. The summed E-state index contributed by atoms with van der Waals surface area (Å²) >= 11 is 13.6. The van der Waals surface area contributed by atoms with Gasteiger partial charge in [-0.2, -0.15) is 11.8 Å². The SMILES string of the molecule is COC(=O)c1cc(OCCSC)ccc1NC(=O)c1ccc(Cl)cc1Cl. The van der Waals surface area contributed by atoms with Crippen LogP contribution < -0.4 is 10.1 Å². The van der Waals surface area contributed by atoms with Crippen LogP contribution in [0.2, 0.25) is 10.0 Å². The van der Waals surface area contributed by atoms with Crippen molar-refractivity contribution in [2.45, 2.75) is 0 Å². The highest BCUT2D eigenvalue weighted by Gasteiger charge is 2.18. The number of amides is 1. The summed E-state index contributed by atoms with van der Waals surface area (Å²) in [6.45, 7) is 0.508. The van der Waals surface area contributed by atoms with Crippen LogP contribution in [0.3, 0.4) is 0 Å². The Hall–Kier alpha value is -1.89. The van der Waals surface area contributed by atoms with E-state index in [0.29, 0.717) is 23.1 Å². The summed E-state index contributed by atoms with van der Waals surface area (Å²) in [4.78, 5) is 24.5. The number of anilines is 1. The van der Waals surface area contributed by atoms with Crippen molar-refractivity contribution in [2.24, 2.45) is 0 Å². The first-order chi connectivity index (χ1) is 12.5. The number of thioether (sulfide) groups is 1. The van der Waals surface area contributed by atoms with E-state index in [9.17, 15) is 9.59 Å². The molecule has 0 unspecified atom stereocenters. The van der Waals surface area contributed by atoms with Crippen LogP contribution in [0, 0.1) is 0 Å². The van der Waals surface area contributed by atoms with E-state index in [4.69, 9.17) is 32.7 Å². The molecule has 2 rings (SSSR count). The lowest BCUT2D eigenvalue weighted by atomic mass is 10.1. The second-order valence-electron chi connectivity index (χ2n) is 5.12. The van der Waals surface area contributed by atoms with Gasteiger partial charge in [0.1, 0.15) is 5.75 Å². The summed E-state index contributed by atoms with van der Waals surface area (Å²) in [6.07, 6.45) is 1.98. The highest BCUT2D eigenvalue weighted by molar-refractivity contribution is 7.98. The number of carbonyl (C=O) groups is 2. The fourth-order valence-corrected chi connectivity index (χ4v) is 2.85. The zero-order valence-electron chi connectivity index (χ0n) is 14.2. The maximum Gasteiger partial charge on any atom is 0.340 e. The minimum Gasteiger partial charge on any atom is -0.493 e. The predicted octanol–water partition coefficient (Wildman–Crippen LogP) is 4.77. The van der Waals surface area contributed by atoms with Crippen molar-refractivity contribution >= 4 is 52.5 Å². The number of carbonyl (C=O) groups excluding carboxylic acids is 2. The molecule has 26 heavy (non-hydrogen) atoms. The van der Waals surface area contributed by atoms with Gasteiger partial charge in [0.25, 0.3) is 5.91 Å². The van der Waals surface area contributed by atoms with E-state index < -0.39 is 11.9 Å². The second-order valence-corrected chi connectivity index (χ2v) is 6.95. The molecule has 5 nitrogen and oxygen atoms in total. The molecule has 0 atom stereocenters. The lowest BCUT2D eigenvalue weighted by Crippen LogP contribution is -2.16. The minimum absolute atomic E-state index is 0.188. The molecule has 0 saturated carbocycles. The summed E-state index contributed by atoms with van der Waals surface area (Å²) < 4.78 is 10.4. The maximum absolute atomic E-state index is 12.5. The Morgan fingerprint density at radius 1 is 1.12 bits per heavy atom. The molecule has 1 amide bonds. The summed E-state index contributed by atoms with van der Waals surface area (Å²) in [5.41, 5.74) is 0.727. The highest BCUT2D eigenvalue weighted by atomic mass is 35.5. The zero-order valence-corrected chi connectivity index (χ0v) is 16.5. The van der Waals surface area contributed by atoms with Crippen LogP contribution in [0.1, 0.15) is 20.7 Å². The standard InChI is InChI=1S/C18H17Cl2NO4S/c1-24-18(23)14-10-12(25-7-8-26-2)4-6-16(14)21-17(22)13-5-3-11(19)9-15(13)20/h3-6,9-10H,7-8H2,1-2H3,(H,21,22). The largest absolute Gasteiger partial charge is 0.493 e. The molecule has 8 heteroatoms. The Morgan fingerprint density at radius 2 is 1.88 bits per heavy atom. The maximum atomic E-state index is 12.5. The van der Waals surface area contributed by atoms with Crippen molar-refractivity contribution < 1.29 is 19.1 Å². The number of ether oxygens (including phenoxy) is 2. The number of rotatable bonds is 7. The van der Waals surface area contributed by atoms with E-state index in [2.05, 4.69) is 5.32 Å². The third-order valence-electron chi connectivity index (χ3n) is 3.38. The van der Waals surface area contributed by atoms with Gasteiger partial charge in [-0.25, -0.2) is 4.79 Å². The van der Waals surface area contributed by atoms with Crippen LogP contribution in [0.5, 0.6) is 5.75 Å². The molecular formula is C18H17Cl2NO4S. The average molecular weight is 414 g/mol. The molecule has 0 fully saturated rings. The molecular weight excluding hydrogens is 397 g/mol. The van der Waals surface area contributed by atoms with Gasteiger partial charge in [-0.15, -0.1) is 0 Å². The van der Waals surface area contributed by atoms with Crippen LogP contribution in [0.4, 0.5) is 5.69 Å². The van der Waals surface area contributed by atoms with Crippen molar-refractivity contribution in [3.05, 3.63) is 57.6 Å². The summed E-state index contributed by atoms with van der Waals surface area (Å²) in [7, 11) is 1.27. The molecule has 0 bridgehead atoms. The fourth-order valence-electron chi connectivity index (χ4n) is 2.11. The smallest absolute Gasteiger partial charge is 0.340 e. The quantitative estimate of drug-likeness (QED) is 0.522. The van der Waals surface area contributed by atoms with E-state index in [1.54, 1.807) is 30.0 Å². The normalized spacial score (nSPS) is 10.3. The van der Waals surface area contributed by atoms with Gasteiger partial charge >= 0.3 is 5.97 Å². The van der Waals surface area contributed by atoms with Gasteiger partial charge in [0.05, 0.1) is 35.6 Å². The third kappa shape index (κ3) is 5.30. The number of halogens is 2. The molecule has 0 aromatic heterocycles. The van der Waals surface area contributed by atoms with Crippen molar-refractivity contribution in [1.29, 1.82) is 0 Å². The topological polar surface area (TPSA) is 64.6 Å². The van der Waals surface area contributed by atoms with Crippen LogP contribution in [0.15, 0.2) is 36.4 Å². The molecule has 2 aromatic rings. The summed E-state index contributed by atoms with van der Waals surface area (Å²) in [5, 5.41) is 3.31. The first kappa shape index (κ1) is 20.4. The minimum atomic E-state index is -0.585. The number of hydrogen-bond donors (Lipinski definition) is 1. The van der Waals surface area contributed by atoms with E-state index in [1.807, 2.05) is 6.26 Å². The number of esters is 1. The zero-order chi connectivity index (χ0) is 19.1. The Morgan fingerprint density at radius 3 is 2.54 bits per heavy atom. The third-order valence-corrected chi connectivity index (χ3v) is 4.50. The first-order valence-corrected chi connectivity index (χ1v) is 9.71.